The average Bonchev–Trinajstić information content (AvgIpc) is 3.08. The van der Waals surface area contributed by atoms with Crippen molar-refractivity contribution in [3.05, 3.63) is 63.7 Å². The van der Waals surface area contributed by atoms with Crippen LogP contribution in [0.3, 0.4) is 0 Å². The third kappa shape index (κ3) is 5.28. The molecule has 0 spiro atoms. The number of rotatable bonds is 8. The molecule has 1 aromatic carbocycles. The summed E-state index contributed by atoms with van der Waals surface area (Å²) in [4.78, 5) is 9.07. The topological polar surface area (TPSA) is 47.0 Å². The predicted octanol–water partition coefficient (Wildman–Crippen LogP) is 5.97. The van der Waals surface area contributed by atoms with E-state index in [0.29, 0.717) is 18.2 Å². The number of anilines is 2. The fourth-order valence-electron chi connectivity index (χ4n) is 2.30. The van der Waals surface area contributed by atoms with Crippen LogP contribution in [0.1, 0.15) is 31.0 Å². The summed E-state index contributed by atoms with van der Waals surface area (Å²) in [5.41, 5.74) is 2.24. The van der Waals surface area contributed by atoms with Crippen molar-refractivity contribution in [1.82, 2.24) is 9.97 Å². The number of aryl methyl sites for hydroxylation is 1. The second-order valence-electron chi connectivity index (χ2n) is 5.65. The van der Waals surface area contributed by atoms with Gasteiger partial charge in [-0.05, 0) is 40.4 Å². The van der Waals surface area contributed by atoms with Gasteiger partial charge in [0.05, 0.1) is 5.69 Å². The maximum absolute atomic E-state index is 5.97. The first-order valence-corrected chi connectivity index (χ1v) is 9.95. The SMILES string of the molecule is CCCCc1csc(Nc2ncc(Br)cc2OCc2ccccc2)n1. The Morgan fingerprint density at radius 1 is 1.24 bits per heavy atom. The molecular formula is C19H20BrN3OS. The number of thiazole rings is 1. The molecule has 0 saturated carbocycles. The summed E-state index contributed by atoms with van der Waals surface area (Å²) >= 11 is 5.05. The van der Waals surface area contributed by atoms with Gasteiger partial charge in [0, 0.05) is 16.0 Å². The van der Waals surface area contributed by atoms with E-state index in [9.17, 15) is 0 Å². The van der Waals surface area contributed by atoms with E-state index in [-0.39, 0.29) is 0 Å². The summed E-state index contributed by atoms with van der Waals surface area (Å²) in [6.07, 6.45) is 5.10. The quantitative estimate of drug-likeness (QED) is 0.490. The molecule has 2 aromatic heterocycles. The summed E-state index contributed by atoms with van der Waals surface area (Å²) in [6, 6.07) is 12.0. The van der Waals surface area contributed by atoms with Gasteiger partial charge in [0.2, 0.25) is 0 Å². The van der Waals surface area contributed by atoms with Gasteiger partial charge in [0.1, 0.15) is 6.61 Å². The van der Waals surface area contributed by atoms with Crippen molar-refractivity contribution in [1.29, 1.82) is 0 Å². The van der Waals surface area contributed by atoms with E-state index in [1.165, 1.54) is 6.42 Å². The van der Waals surface area contributed by atoms with Crippen molar-refractivity contribution in [2.24, 2.45) is 0 Å². The largest absolute Gasteiger partial charge is 0.485 e. The molecule has 4 nitrogen and oxygen atoms in total. The van der Waals surface area contributed by atoms with Crippen LogP contribution >= 0.6 is 27.3 Å². The molecule has 0 fully saturated rings. The number of halogens is 1. The lowest BCUT2D eigenvalue weighted by Gasteiger charge is -2.11. The van der Waals surface area contributed by atoms with Gasteiger partial charge in [-0.25, -0.2) is 9.97 Å². The molecule has 0 saturated heterocycles. The average molecular weight is 418 g/mol. The molecule has 0 amide bonds. The second-order valence-corrected chi connectivity index (χ2v) is 7.42. The van der Waals surface area contributed by atoms with E-state index >= 15 is 0 Å². The summed E-state index contributed by atoms with van der Waals surface area (Å²) in [5.74, 6) is 1.37. The lowest BCUT2D eigenvalue weighted by molar-refractivity contribution is 0.306. The highest BCUT2D eigenvalue weighted by Gasteiger charge is 2.10. The molecule has 0 bridgehead atoms. The van der Waals surface area contributed by atoms with Crippen LogP contribution in [0.2, 0.25) is 0 Å². The van der Waals surface area contributed by atoms with Crippen LogP contribution in [0.25, 0.3) is 0 Å². The van der Waals surface area contributed by atoms with Crippen LogP contribution in [-0.2, 0) is 13.0 Å². The second kappa shape index (κ2) is 8.97. The van der Waals surface area contributed by atoms with E-state index in [1.807, 2.05) is 36.4 Å². The molecule has 130 valence electrons. The highest BCUT2D eigenvalue weighted by Crippen LogP contribution is 2.30. The Labute approximate surface area is 160 Å². The van der Waals surface area contributed by atoms with Crippen molar-refractivity contribution in [3.8, 4) is 5.75 Å². The third-order valence-electron chi connectivity index (χ3n) is 3.62. The smallest absolute Gasteiger partial charge is 0.188 e. The molecule has 0 unspecified atom stereocenters. The van der Waals surface area contributed by atoms with E-state index in [1.54, 1.807) is 17.5 Å². The highest BCUT2D eigenvalue weighted by molar-refractivity contribution is 9.10. The molecule has 2 heterocycles. The molecule has 6 heteroatoms. The maximum atomic E-state index is 5.97. The number of hydrogen-bond acceptors (Lipinski definition) is 5. The van der Waals surface area contributed by atoms with Crippen LogP contribution < -0.4 is 10.1 Å². The number of nitrogens with zero attached hydrogens (tertiary/aromatic N) is 2. The number of nitrogens with one attached hydrogen (secondary N) is 1. The first kappa shape index (κ1) is 17.9. The fraction of sp³-hybridized carbons (Fsp3) is 0.263. The fourth-order valence-corrected chi connectivity index (χ4v) is 3.35. The lowest BCUT2D eigenvalue weighted by Crippen LogP contribution is -2.01. The number of aromatic nitrogens is 2. The number of benzene rings is 1. The Morgan fingerprint density at radius 3 is 2.88 bits per heavy atom. The van der Waals surface area contributed by atoms with Gasteiger partial charge in [-0.15, -0.1) is 11.3 Å². The van der Waals surface area contributed by atoms with Gasteiger partial charge >= 0.3 is 0 Å². The van der Waals surface area contributed by atoms with Gasteiger partial charge in [0.25, 0.3) is 0 Å². The molecule has 0 radical (unpaired) electrons. The molecule has 1 N–H and O–H groups in total. The predicted molar refractivity (Wildman–Crippen MR) is 107 cm³/mol. The standard InChI is InChI=1S/C19H20BrN3OS/c1-2-3-9-16-13-25-19(22-16)23-18-17(10-15(20)11-21-18)24-12-14-7-5-4-6-8-14/h4-8,10-11,13H,2-3,9,12H2,1H3,(H,21,22,23). The lowest BCUT2D eigenvalue weighted by atomic mass is 10.2. The van der Waals surface area contributed by atoms with Crippen LogP contribution in [0.5, 0.6) is 5.75 Å². The minimum atomic E-state index is 0.493. The Kier molecular flexibility index (Phi) is 6.42. The number of ether oxygens (including phenoxy) is 1. The van der Waals surface area contributed by atoms with E-state index in [4.69, 9.17) is 4.74 Å². The van der Waals surface area contributed by atoms with E-state index in [2.05, 4.69) is 43.5 Å². The summed E-state index contributed by atoms with van der Waals surface area (Å²) in [7, 11) is 0. The van der Waals surface area contributed by atoms with Crippen LogP contribution in [0.4, 0.5) is 10.9 Å². The van der Waals surface area contributed by atoms with Gasteiger partial charge in [-0.1, -0.05) is 43.7 Å². The van der Waals surface area contributed by atoms with Gasteiger partial charge < -0.3 is 10.1 Å². The number of pyridine rings is 1. The zero-order chi connectivity index (χ0) is 17.5. The van der Waals surface area contributed by atoms with Gasteiger partial charge in [-0.2, -0.15) is 0 Å². The van der Waals surface area contributed by atoms with Crippen molar-refractivity contribution < 1.29 is 4.74 Å². The number of unbranched alkanes of at least 4 members (excludes halogenated alkanes) is 1. The summed E-state index contributed by atoms with van der Waals surface area (Å²) in [5, 5.41) is 6.22. The summed E-state index contributed by atoms with van der Waals surface area (Å²) < 4.78 is 6.85. The number of hydrogen-bond donors (Lipinski definition) is 1. The van der Waals surface area contributed by atoms with Crippen molar-refractivity contribution in [2.75, 3.05) is 5.32 Å². The highest BCUT2D eigenvalue weighted by atomic mass is 79.9. The molecule has 0 aliphatic carbocycles. The minimum absolute atomic E-state index is 0.493. The Balaban J connectivity index is 1.71. The van der Waals surface area contributed by atoms with Crippen molar-refractivity contribution in [3.63, 3.8) is 0 Å². The molecule has 25 heavy (non-hydrogen) atoms. The van der Waals surface area contributed by atoms with Gasteiger partial charge in [0.15, 0.2) is 16.7 Å². The van der Waals surface area contributed by atoms with Gasteiger partial charge in [-0.3, -0.25) is 0 Å². The molecule has 0 aliphatic heterocycles. The van der Waals surface area contributed by atoms with Crippen LogP contribution in [0, 0.1) is 0 Å². The zero-order valence-corrected chi connectivity index (χ0v) is 16.4. The first-order valence-electron chi connectivity index (χ1n) is 8.28. The molecular weight excluding hydrogens is 398 g/mol. The van der Waals surface area contributed by atoms with Crippen LogP contribution in [-0.4, -0.2) is 9.97 Å². The molecule has 0 atom stereocenters. The van der Waals surface area contributed by atoms with Crippen molar-refractivity contribution >= 4 is 38.2 Å². The molecule has 3 aromatic rings. The monoisotopic (exact) mass is 417 g/mol. The molecule has 0 aliphatic rings. The molecule has 3 rings (SSSR count). The summed E-state index contributed by atoms with van der Waals surface area (Å²) in [6.45, 7) is 2.68. The first-order chi connectivity index (χ1) is 12.2. The Hall–Kier alpha value is -1.92. The minimum Gasteiger partial charge on any atom is -0.485 e. The van der Waals surface area contributed by atoms with Crippen molar-refractivity contribution in [2.45, 2.75) is 32.8 Å². The normalized spacial score (nSPS) is 10.6. The van der Waals surface area contributed by atoms with E-state index in [0.717, 1.165) is 33.7 Å². The van der Waals surface area contributed by atoms with E-state index < -0.39 is 0 Å². The Morgan fingerprint density at radius 2 is 2.08 bits per heavy atom. The van der Waals surface area contributed by atoms with Crippen LogP contribution in [0.15, 0.2) is 52.4 Å². The Bertz CT molecular complexity index is 807. The third-order valence-corrected chi connectivity index (χ3v) is 4.86. The maximum Gasteiger partial charge on any atom is 0.188 e. The zero-order valence-electron chi connectivity index (χ0n) is 14.0.